The van der Waals surface area contributed by atoms with Crippen molar-refractivity contribution in [3.63, 3.8) is 0 Å². The first-order valence-electron chi connectivity index (χ1n) is 7.05. The molecule has 2 aliphatic rings. The molecule has 1 aromatic rings. The van der Waals surface area contributed by atoms with Crippen LogP contribution in [0.4, 0.5) is 0 Å². The lowest BCUT2D eigenvalue weighted by Gasteiger charge is -2.26. The van der Waals surface area contributed by atoms with E-state index in [0.717, 1.165) is 5.56 Å². The zero-order valence-electron chi connectivity index (χ0n) is 11.8. The first kappa shape index (κ1) is 14.6. The van der Waals surface area contributed by atoms with Gasteiger partial charge in [0.15, 0.2) is 6.10 Å². The minimum Gasteiger partial charge on any atom is -0.480 e. The Bertz CT molecular complexity index is 565. The molecule has 3 rings (SSSR count). The van der Waals surface area contributed by atoms with Gasteiger partial charge in [-0.3, -0.25) is 4.79 Å². The number of carbonyl (C=O) groups excluding carboxylic acids is 1. The summed E-state index contributed by atoms with van der Waals surface area (Å²) < 4.78 is 11.0. The van der Waals surface area contributed by atoms with Gasteiger partial charge in [0.2, 0.25) is 0 Å². The Balaban J connectivity index is 1.58. The highest BCUT2D eigenvalue weighted by Gasteiger charge is 2.40. The first-order chi connectivity index (χ1) is 9.98. The largest absolute Gasteiger partial charge is 0.480 e. The highest BCUT2D eigenvalue weighted by atomic mass is 35.5. The van der Waals surface area contributed by atoms with Gasteiger partial charge in [-0.05, 0) is 30.7 Å². The van der Waals surface area contributed by atoms with Crippen LogP contribution in [0, 0.1) is 0 Å². The molecule has 1 fully saturated rings. The number of ether oxygens (including phenoxy) is 2. The van der Waals surface area contributed by atoms with E-state index in [9.17, 15) is 9.90 Å². The summed E-state index contributed by atoms with van der Waals surface area (Å²) in [5.74, 6) is 0.464. The monoisotopic (exact) mass is 311 g/mol. The molecule has 2 N–H and O–H groups in total. The number of amides is 1. The average Bonchev–Trinajstić information content (AvgIpc) is 3.01. The summed E-state index contributed by atoms with van der Waals surface area (Å²) in [6.07, 6.45) is 0.167. The molecule has 0 saturated carbocycles. The second kappa shape index (κ2) is 5.48. The number of nitrogens with one attached hydrogen (secondary N) is 1. The van der Waals surface area contributed by atoms with Crippen molar-refractivity contribution in [3.8, 4) is 5.75 Å². The van der Waals surface area contributed by atoms with Crippen LogP contribution in [0.25, 0.3) is 0 Å². The minimum absolute atomic E-state index is 0.171. The molecular formula is C15H18ClNO4. The molecule has 0 aliphatic carbocycles. The maximum atomic E-state index is 12.2. The molecule has 0 spiro atoms. The summed E-state index contributed by atoms with van der Waals surface area (Å²) in [4.78, 5) is 12.2. The highest BCUT2D eigenvalue weighted by Crippen LogP contribution is 2.31. The number of hydrogen-bond donors (Lipinski definition) is 2. The number of carbonyl (C=O) groups is 1. The molecule has 1 aromatic carbocycles. The predicted octanol–water partition coefficient (Wildman–Crippen LogP) is 1.30. The van der Waals surface area contributed by atoms with Crippen LogP contribution in [0.15, 0.2) is 18.2 Å². The normalized spacial score (nSPS) is 30.8. The second-order valence-corrected chi connectivity index (χ2v) is 6.08. The lowest BCUT2D eigenvalue weighted by molar-refractivity contribution is -0.129. The van der Waals surface area contributed by atoms with Crippen molar-refractivity contribution in [3.05, 3.63) is 28.8 Å². The van der Waals surface area contributed by atoms with Gasteiger partial charge in [0, 0.05) is 31.0 Å². The van der Waals surface area contributed by atoms with E-state index in [1.807, 2.05) is 13.0 Å². The van der Waals surface area contributed by atoms with Gasteiger partial charge in [-0.2, -0.15) is 0 Å². The first-order valence-corrected chi connectivity index (χ1v) is 7.42. The molecule has 21 heavy (non-hydrogen) atoms. The van der Waals surface area contributed by atoms with Gasteiger partial charge in [0.05, 0.1) is 6.10 Å². The lowest BCUT2D eigenvalue weighted by atomic mass is 9.96. The van der Waals surface area contributed by atoms with Gasteiger partial charge in [0.1, 0.15) is 11.4 Å². The Kier molecular flexibility index (Phi) is 3.82. The Hall–Kier alpha value is -1.30. The Morgan fingerprint density at radius 3 is 3.10 bits per heavy atom. The van der Waals surface area contributed by atoms with Crippen LogP contribution in [-0.2, 0) is 16.0 Å². The molecular weight excluding hydrogens is 294 g/mol. The zero-order valence-corrected chi connectivity index (χ0v) is 12.5. The van der Waals surface area contributed by atoms with E-state index < -0.39 is 11.7 Å². The Morgan fingerprint density at radius 2 is 2.38 bits per heavy atom. The van der Waals surface area contributed by atoms with E-state index >= 15 is 0 Å². The molecule has 1 saturated heterocycles. The fourth-order valence-corrected chi connectivity index (χ4v) is 2.92. The van der Waals surface area contributed by atoms with Crippen molar-refractivity contribution in [2.75, 3.05) is 13.2 Å². The molecule has 2 heterocycles. The summed E-state index contributed by atoms with van der Waals surface area (Å²) in [6, 6.07) is 5.32. The minimum atomic E-state index is -0.996. The van der Waals surface area contributed by atoms with Crippen LogP contribution in [0.1, 0.15) is 18.9 Å². The molecule has 5 nitrogen and oxygen atoms in total. The molecule has 2 aliphatic heterocycles. The van der Waals surface area contributed by atoms with E-state index in [2.05, 4.69) is 5.32 Å². The van der Waals surface area contributed by atoms with E-state index in [4.69, 9.17) is 21.1 Å². The molecule has 0 bridgehead atoms. The van der Waals surface area contributed by atoms with Crippen molar-refractivity contribution in [2.45, 2.75) is 37.6 Å². The molecule has 1 amide bonds. The van der Waals surface area contributed by atoms with Crippen LogP contribution in [0.5, 0.6) is 5.75 Å². The third kappa shape index (κ3) is 2.86. The molecule has 0 aromatic heterocycles. The second-order valence-electron chi connectivity index (χ2n) is 5.65. The highest BCUT2D eigenvalue weighted by molar-refractivity contribution is 6.30. The van der Waals surface area contributed by atoms with E-state index in [1.54, 1.807) is 12.1 Å². The molecule has 114 valence electrons. The summed E-state index contributed by atoms with van der Waals surface area (Å²) >= 11 is 5.93. The third-order valence-corrected chi connectivity index (χ3v) is 4.45. The maximum Gasteiger partial charge on any atom is 0.261 e. The smallest absolute Gasteiger partial charge is 0.261 e. The summed E-state index contributed by atoms with van der Waals surface area (Å²) in [5.41, 5.74) is -0.0660. The number of aliphatic hydroxyl groups is 1. The SMILES string of the molecule is CC1OCCC1(O)CNC(=O)C1Cc2cc(Cl)ccc2O1. The fourth-order valence-electron chi connectivity index (χ4n) is 2.72. The quantitative estimate of drug-likeness (QED) is 0.883. The third-order valence-electron chi connectivity index (χ3n) is 4.22. The average molecular weight is 312 g/mol. The van der Waals surface area contributed by atoms with Crippen molar-refractivity contribution < 1.29 is 19.4 Å². The number of fused-ring (bicyclic) bond motifs is 1. The van der Waals surface area contributed by atoms with Gasteiger partial charge in [0.25, 0.3) is 5.91 Å². The lowest BCUT2D eigenvalue weighted by Crippen LogP contribution is -2.50. The van der Waals surface area contributed by atoms with Gasteiger partial charge in [-0.25, -0.2) is 0 Å². The van der Waals surface area contributed by atoms with Crippen LogP contribution in [0.2, 0.25) is 5.02 Å². The number of halogens is 1. The number of hydrogen-bond acceptors (Lipinski definition) is 4. The number of rotatable bonds is 3. The van der Waals surface area contributed by atoms with Gasteiger partial charge in [-0.1, -0.05) is 11.6 Å². The summed E-state index contributed by atoms with van der Waals surface area (Å²) in [5, 5.41) is 13.8. The van der Waals surface area contributed by atoms with Crippen LogP contribution >= 0.6 is 11.6 Å². The Morgan fingerprint density at radius 1 is 1.57 bits per heavy atom. The van der Waals surface area contributed by atoms with E-state index in [-0.39, 0.29) is 18.6 Å². The standard InChI is InChI=1S/C15H18ClNO4/c1-9-15(19,4-5-20-9)8-17-14(18)13-7-10-6-11(16)2-3-12(10)21-13/h2-3,6,9,13,19H,4-5,7-8H2,1H3,(H,17,18). The maximum absolute atomic E-state index is 12.2. The van der Waals surface area contributed by atoms with E-state index in [0.29, 0.717) is 30.2 Å². The van der Waals surface area contributed by atoms with Gasteiger partial charge >= 0.3 is 0 Å². The van der Waals surface area contributed by atoms with Gasteiger partial charge in [-0.15, -0.1) is 0 Å². The summed E-state index contributed by atoms with van der Waals surface area (Å²) in [7, 11) is 0. The topological polar surface area (TPSA) is 67.8 Å². The molecule has 3 atom stereocenters. The molecule has 6 heteroatoms. The van der Waals surface area contributed by atoms with Crippen molar-refractivity contribution in [1.82, 2.24) is 5.32 Å². The molecule has 0 radical (unpaired) electrons. The summed E-state index contributed by atoms with van der Waals surface area (Å²) in [6.45, 7) is 2.49. The Labute approximate surface area is 128 Å². The fraction of sp³-hybridized carbons (Fsp3) is 0.533. The molecule has 3 unspecified atom stereocenters. The van der Waals surface area contributed by atoms with E-state index in [1.165, 1.54) is 0 Å². The predicted molar refractivity (Wildman–Crippen MR) is 77.6 cm³/mol. The van der Waals surface area contributed by atoms with Crippen molar-refractivity contribution >= 4 is 17.5 Å². The number of benzene rings is 1. The zero-order chi connectivity index (χ0) is 15.0. The van der Waals surface area contributed by atoms with Crippen LogP contribution in [-0.4, -0.2) is 42.0 Å². The van der Waals surface area contributed by atoms with Crippen LogP contribution < -0.4 is 10.1 Å². The van der Waals surface area contributed by atoms with Crippen molar-refractivity contribution in [2.24, 2.45) is 0 Å². The van der Waals surface area contributed by atoms with Crippen LogP contribution in [0.3, 0.4) is 0 Å². The van der Waals surface area contributed by atoms with Crippen molar-refractivity contribution in [1.29, 1.82) is 0 Å². The van der Waals surface area contributed by atoms with Gasteiger partial charge < -0.3 is 19.9 Å².